The van der Waals surface area contributed by atoms with E-state index in [1.54, 1.807) is 6.07 Å². The van der Waals surface area contributed by atoms with Gasteiger partial charge in [0.2, 0.25) is 0 Å². The highest BCUT2D eigenvalue weighted by molar-refractivity contribution is 6.12. The Morgan fingerprint density at radius 1 is 0.276 bits per heavy atom. The van der Waals surface area contributed by atoms with Crippen LogP contribution in [0.5, 0.6) is 0 Å². The maximum atomic E-state index is 16.3. The Kier molecular flexibility index (Phi) is 9.97. The van der Waals surface area contributed by atoms with Crippen LogP contribution < -0.4 is 0 Å². The number of aromatic nitrogens is 6. The third-order valence-electron chi connectivity index (χ3n) is 15.0. The lowest BCUT2D eigenvalue weighted by atomic mass is 10.0. The number of halogens is 1. The van der Waals surface area contributed by atoms with Crippen molar-refractivity contribution in [1.29, 1.82) is 0 Å². The van der Waals surface area contributed by atoms with Gasteiger partial charge in [-0.25, -0.2) is 19.3 Å². The smallest absolute Gasteiger partial charge is 0.164 e. The van der Waals surface area contributed by atoms with Gasteiger partial charge in [-0.05, 0) is 112 Å². The Morgan fingerprint density at radius 3 is 1.43 bits per heavy atom. The van der Waals surface area contributed by atoms with Crippen LogP contribution >= 0.6 is 0 Å². The number of aromatic amines is 1. The highest BCUT2D eigenvalue weighted by Gasteiger charge is 2.19. The third-order valence-corrected chi connectivity index (χ3v) is 15.0. The molecule has 0 unspecified atom stereocenters. The zero-order valence-corrected chi connectivity index (χ0v) is 40.9. The summed E-state index contributed by atoms with van der Waals surface area (Å²) in [5, 5.41) is 7.05. The van der Waals surface area contributed by atoms with Crippen molar-refractivity contribution in [3.05, 3.63) is 261 Å². The summed E-state index contributed by atoms with van der Waals surface area (Å²) < 4.78 is 20.7. The standard InChI is InChI=1S/C69H43FN6/c70-59-42-50(34-37-66(59)76-63-26-10-5-21-54(63)55-22-6-11-27-64(55)76)43-28-30-45(31-29-43)68-72-67(44-14-2-1-3-15-44)73-69(74-68)51-18-12-16-46(38-51)47-17-13-19-52(39-47)75-62-25-9-7-23-56(62)58-41-49(33-36-65(58)75)48-32-35-61-57(40-48)53-20-4-8-24-60(53)71-61/h1-42,71H. The quantitative estimate of drug-likeness (QED) is 0.165. The number of nitrogens with one attached hydrogen (secondary N) is 1. The van der Waals surface area contributed by atoms with Crippen LogP contribution in [0.1, 0.15) is 0 Å². The van der Waals surface area contributed by atoms with Gasteiger partial charge in [0.15, 0.2) is 17.5 Å². The zero-order valence-electron chi connectivity index (χ0n) is 40.9. The Bertz CT molecular complexity index is 4720. The predicted molar refractivity (Wildman–Crippen MR) is 310 cm³/mol. The molecule has 0 aliphatic rings. The fourth-order valence-electron chi connectivity index (χ4n) is 11.3. The number of rotatable bonds is 8. The normalized spacial score (nSPS) is 11.8. The highest BCUT2D eigenvalue weighted by Crippen LogP contribution is 2.39. The summed E-state index contributed by atoms with van der Waals surface area (Å²) in [6.45, 7) is 0. The van der Waals surface area contributed by atoms with Crippen molar-refractivity contribution in [3.63, 3.8) is 0 Å². The fraction of sp³-hybridized carbons (Fsp3) is 0. The van der Waals surface area contributed by atoms with E-state index < -0.39 is 0 Å². The lowest BCUT2D eigenvalue weighted by molar-refractivity contribution is 0.621. The molecular weight excluding hydrogens is 932 g/mol. The molecule has 7 heteroatoms. The summed E-state index contributed by atoms with van der Waals surface area (Å²) >= 11 is 0. The molecule has 0 bridgehead atoms. The molecule has 6 nitrogen and oxygen atoms in total. The van der Waals surface area contributed by atoms with Crippen LogP contribution in [-0.2, 0) is 0 Å². The van der Waals surface area contributed by atoms with Crippen LogP contribution in [0.4, 0.5) is 4.39 Å². The Balaban J connectivity index is 0.765. The maximum absolute atomic E-state index is 16.3. The number of fused-ring (bicyclic) bond motifs is 9. The Hall–Kier alpha value is -10.2. The van der Waals surface area contributed by atoms with Crippen LogP contribution in [-0.4, -0.2) is 29.1 Å². The summed E-state index contributed by atoms with van der Waals surface area (Å²) in [6.07, 6.45) is 0. The average Bonchev–Trinajstić information content (AvgIpc) is 4.20. The first kappa shape index (κ1) is 43.4. The minimum absolute atomic E-state index is 0.297. The first-order chi connectivity index (χ1) is 37.6. The second-order valence-electron chi connectivity index (χ2n) is 19.4. The molecule has 0 amide bonds. The molecule has 4 aromatic heterocycles. The molecule has 0 saturated heterocycles. The Morgan fingerprint density at radius 2 is 0.724 bits per heavy atom. The first-order valence-corrected chi connectivity index (χ1v) is 25.5. The highest BCUT2D eigenvalue weighted by atomic mass is 19.1. The predicted octanol–water partition coefficient (Wildman–Crippen LogP) is 17.8. The molecule has 11 aromatic carbocycles. The molecule has 15 aromatic rings. The topological polar surface area (TPSA) is 64.3 Å². The van der Waals surface area contributed by atoms with Gasteiger partial charge in [-0.1, -0.05) is 176 Å². The SMILES string of the molecule is Fc1cc(-c2ccc(-c3nc(-c4ccccc4)nc(-c4cccc(-c5cccc(-n6c7ccccc7c7cc(-c8ccc9[nH]c%10ccccc%10c9c8)ccc76)c5)c4)n3)cc2)ccc1-n1c2ccccc2c2ccccc21. The van der Waals surface area contributed by atoms with Gasteiger partial charge in [0, 0.05) is 65.7 Å². The number of hydrogen-bond acceptors (Lipinski definition) is 3. The number of H-pyrrole nitrogens is 1. The van der Waals surface area contributed by atoms with Crippen molar-refractivity contribution in [3.8, 4) is 78.9 Å². The zero-order chi connectivity index (χ0) is 50.3. The van der Waals surface area contributed by atoms with Gasteiger partial charge in [-0.15, -0.1) is 0 Å². The van der Waals surface area contributed by atoms with Crippen molar-refractivity contribution in [1.82, 2.24) is 29.1 Å². The van der Waals surface area contributed by atoms with Gasteiger partial charge in [-0.3, -0.25) is 0 Å². The molecule has 76 heavy (non-hydrogen) atoms. The molecule has 0 aliphatic heterocycles. The van der Waals surface area contributed by atoms with E-state index in [-0.39, 0.29) is 5.82 Å². The van der Waals surface area contributed by atoms with E-state index in [2.05, 4.69) is 155 Å². The van der Waals surface area contributed by atoms with Crippen molar-refractivity contribution in [2.75, 3.05) is 0 Å². The molecule has 356 valence electrons. The van der Waals surface area contributed by atoms with Crippen molar-refractivity contribution < 1.29 is 4.39 Å². The number of nitrogens with zero attached hydrogens (tertiary/aromatic N) is 5. The summed E-state index contributed by atoms with van der Waals surface area (Å²) in [5.41, 5.74) is 16.8. The second-order valence-corrected chi connectivity index (χ2v) is 19.4. The molecule has 15 rings (SSSR count). The summed E-state index contributed by atoms with van der Waals surface area (Å²) in [7, 11) is 0. The van der Waals surface area contributed by atoms with Crippen LogP contribution in [0.2, 0.25) is 0 Å². The fourth-order valence-corrected chi connectivity index (χ4v) is 11.3. The van der Waals surface area contributed by atoms with Gasteiger partial charge < -0.3 is 14.1 Å². The summed E-state index contributed by atoms with van der Waals surface area (Å²) in [5.74, 6) is 1.39. The van der Waals surface area contributed by atoms with Crippen LogP contribution in [0.15, 0.2) is 255 Å². The molecule has 4 heterocycles. The van der Waals surface area contributed by atoms with Gasteiger partial charge in [0.25, 0.3) is 0 Å². The minimum atomic E-state index is -0.297. The number of benzene rings is 11. The number of para-hydroxylation sites is 4. The van der Waals surface area contributed by atoms with Crippen molar-refractivity contribution in [2.45, 2.75) is 0 Å². The van der Waals surface area contributed by atoms with Crippen LogP contribution in [0.25, 0.3) is 144 Å². The second kappa shape index (κ2) is 17.5. The summed E-state index contributed by atoms with van der Waals surface area (Å²) in [6, 6.07) is 87.7. The lowest BCUT2D eigenvalue weighted by Crippen LogP contribution is -2.00. The van der Waals surface area contributed by atoms with Crippen molar-refractivity contribution >= 4 is 65.4 Å². The van der Waals surface area contributed by atoms with Crippen LogP contribution in [0, 0.1) is 5.82 Å². The summed E-state index contributed by atoms with van der Waals surface area (Å²) in [4.78, 5) is 18.8. The molecule has 0 spiro atoms. The van der Waals surface area contributed by atoms with E-state index in [1.807, 2.05) is 108 Å². The molecule has 0 radical (unpaired) electrons. The number of hydrogen-bond donors (Lipinski definition) is 1. The van der Waals surface area contributed by atoms with E-state index in [0.29, 0.717) is 23.2 Å². The van der Waals surface area contributed by atoms with Gasteiger partial charge in [0.1, 0.15) is 5.82 Å². The first-order valence-electron chi connectivity index (χ1n) is 25.5. The molecular formula is C69H43FN6. The van der Waals surface area contributed by atoms with Crippen LogP contribution in [0.3, 0.4) is 0 Å². The largest absolute Gasteiger partial charge is 0.355 e. The molecule has 0 saturated carbocycles. The molecule has 0 aliphatic carbocycles. The van der Waals surface area contributed by atoms with E-state index in [4.69, 9.17) is 15.0 Å². The monoisotopic (exact) mass is 974 g/mol. The average molecular weight is 975 g/mol. The maximum Gasteiger partial charge on any atom is 0.164 e. The van der Waals surface area contributed by atoms with E-state index in [0.717, 1.165) is 88.5 Å². The van der Waals surface area contributed by atoms with Gasteiger partial charge >= 0.3 is 0 Å². The van der Waals surface area contributed by atoms with E-state index in [1.165, 1.54) is 32.7 Å². The van der Waals surface area contributed by atoms with E-state index in [9.17, 15) is 0 Å². The molecule has 0 atom stereocenters. The van der Waals surface area contributed by atoms with Gasteiger partial charge in [0.05, 0.1) is 27.8 Å². The third kappa shape index (κ3) is 7.20. The minimum Gasteiger partial charge on any atom is -0.355 e. The van der Waals surface area contributed by atoms with Gasteiger partial charge in [-0.2, -0.15) is 0 Å². The lowest BCUT2D eigenvalue weighted by Gasteiger charge is -2.12. The Labute approximate surface area is 436 Å². The van der Waals surface area contributed by atoms with Crippen molar-refractivity contribution in [2.24, 2.45) is 0 Å². The molecule has 1 N–H and O–H groups in total. The van der Waals surface area contributed by atoms with E-state index >= 15 is 4.39 Å². The molecule has 0 fully saturated rings.